The van der Waals surface area contributed by atoms with Crippen LogP contribution in [0.4, 0.5) is 0 Å². The Labute approximate surface area is 215 Å². The summed E-state index contributed by atoms with van der Waals surface area (Å²) in [6.45, 7) is 28.7. The maximum atomic E-state index is 2.39. The number of hydrogen-bond donors (Lipinski definition) is 0. The first-order valence-corrected chi connectivity index (χ1v) is 30.7. The van der Waals surface area contributed by atoms with Gasteiger partial charge in [0.1, 0.15) is 0 Å². The molecule has 0 heterocycles. The molecule has 0 aliphatic carbocycles. The van der Waals surface area contributed by atoms with Gasteiger partial charge in [-0.1, -0.05) is 0 Å². The molecule has 144 valence electrons. The second kappa shape index (κ2) is 18.0. The standard InChI is InChI=1S/4C4H11Si.4Sb/c4*1-5(2,3)4;;;;/h4*1H2,2-4H3;;;;. The monoisotopic (exact) mass is 832 g/mol. The molecule has 8 heteroatoms. The first-order valence-electron chi connectivity index (χ1n) is 8.68. The summed E-state index contributed by atoms with van der Waals surface area (Å²) >= 11 is 7.84. The Balaban J connectivity index is -0.000000111. The van der Waals surface area contributed by atoms with Gasteiger partial charge in [0.15, 0.2) is 0 Å². The summed E-state index contributed by atoms with van der Waals surface area (Å²) in [6, 6.07) is 0. The van der Waals surface area contributed by atoms with E-state index in [4.69, 9.17) is 0 Å². The molecule has 0 aromatic heterocycles. The fourth-order valence-electron chi connectivity index (χ4n) is 0. The number of rotatable bonds is 4. The summed E-state index contributed by atoms with van der Waals surface area (Å²) < 4.78 is 5.84. The predicted molar refractivity (Wildman–Crippen MR) is 136 cm³/mol. The van der Waals surface area contributed by atoms with Crippen molar-refractivity contribution in [3.8, 4) is 0 Å². The zero-order chi connectivity index (χ0) is 20.8. The van der Waals surface area contributed by atoms with E-state index in [1.807, 2.05) is 92.1 Å². The van der Waals surface area contributed by atoms with Crippen molar-refractivity contribution in [1.29, 1.82) is 0 Å². The van der Waals surface area contributed by atoms with Crippen LogP contribution in [0.25, 0.3) is 0 Å². The molecule has 0 aliphatic heterocycles. The molecule has 24 heavy (non-hydrogen) atoms. The summed E-state index contributed by atoms with van der Waals surface area (Å²) in [5.41, 5.74) is 0. The van der Waals surface area contributed by atoms with Crippen molar-refractivity contribution in [3.63, 3.8) is 0 Å². The third-order valence-corrected chi connectivity index (χ3v) is 38.2. The van der Waals surface area contributed by atoms with Gasteiger partial charge in [0.2, 0.25) is 0 Å². The van der Waals surface area contributed by atoms with Crippen molar-refractivity contribution >= 4 is 124 Å². The quantitative estimate of drug-likeness (QED) is 0.315. The van der Waals surface area contributed by atoms with Crippen molar-refractivity contribution < 1.29 is 0 Å². The van der Waals surface area contributed by atoms with E-state index in [-0.39, 0.29) is 0 Å². The van der Waals surface area contributed by atoms with Crippen LogP contribution in [0.2, 0.25) is 94.5 Å². The fourth-order valence-corrected chi connectivity index (χ4v) is 0. The predicted octanol–water partition coefficient (Wildman–Crippen LogP) is 5.80. The molecule has 0 spiro atoms. The first-order chi connectivity index (χ1) is 10.2. The molecule has 0 unspecified atom stereocenters. The van der Waals surface area contributed by atoms with Gasteiger partial charge >= 0.3 is 219 Å². The summed E-state index contributed by atoms with van der Waals surface area (Å²) in [5, 5.41) is 0. The van der Waals surface area contributed by atoms with Crippen molar-refractivity contribution in [2.24, 2.45) is 0 Å². The SMILES string of the molecule is C[Si](C)(C)[CH2][Sb].C[Si](C)(C)[CH2][Sb].C[Si](C)(C)[CH2][Sb].C[Si](C)(C)[CH2][Sb]. The molecular weight excluding hydrogens is 792 g/mol. The molecular formula is C16H44Sb4Si4. The van der Waals surface area contributed by atoms with Crippen LogP contribution in [0.15, 0.2) is 0 Å². The molecule has 0 nitrogen and oxygen atoms in total. The number of hydrogen-bond acceptors (Lipinski definition) is 0. The van der Waals surface area contributed by atoms with Crippen LogP contribution in [0.5, 0.6) is 0 Å². The van der Waals surface area contributed by atoms with E-state index in [2.05, 4.69) is 78.6 Å². The second-order valence-electron chi connectivity index (χ2n) is 10.9. The van der Waals surface area contributed by atoms with E-state index >= 15 is 0 Å². The Hall–Kier alpha value is 4.14. The summed E-state index contributed by atoms with van der Waals surface area (Å²) in [4.78, 5) is 0. The maximum absolute atomic E-state index is 2.39. The van der Waals surface area contributed by atoms with Gasteiger partial charge < -0.3 is 0 Å². The van der Waals surface area contributed by atoms with E-state index in [9.17, 15) is 0 Å². The minimum atomic E-state index is -0.609. The molecule has 0 aromatic rings. The zero-order valence-electron chi connectivity index (χ0n) is 18.6. The van der Waals surface area contributed by atoms with Crippen LogP contribution in [0.1, 0.15) is 0 Å². The van der Waals surface area contributed by atoms with E-state index < -0.39 is 32.3 Å². The van der Waals surface area contributed by atoms with Gasteiger partial charge in [-0.25, -0.2) is 0 Å². The molecule has 0 amide bonds. The van der Waals surface area contributed by atoms with Crippen molar-refractivity contribution in [1.82, 2.24) is 0 Å². The Morgan fingerprint density at radius 2 is 0.375 bits per heavy atom. The Bertz CT molecular complexity index is 205. The van der Waals surface area contributed by atoms with Crippen LogP contribution in [0, 0.1) is 0 Å². The van der Waals surface area contributed by atoms with Crippen molar-refractivity contribution in [3.05, 3.63) is 0 Å². The fraction of sp³-hybridized carbons (Fsp3) is 1.00. The Kier molecular flexibility index (Phi) is 26.6. The van der Waals surface area contributed by atoms with Gasteiger partial charge in [-0.2, -0.15) is 0 Å². The van der Waals surface area contributed by atoms with Crippen LogP contribution in [0.3, 0.4) is 0 Å². The summed E-state index contributed by atoms with van der Waals surface area (Å²) in [5.74, 6) is 0. The minimum absolute atomic E-state index is 0.609. The third-order valence-electron chi connectivity index (χ3n) is 1.90. The molecule has 0 aliphatic rings. The van der Waals surface area contributed by atoms with Gasteiger partial charge in [-0.3, -0.25) is 0 Å². The van der Waals surface area contributed by atoms with Crippen molar-refractivity contribution in [2.45, 2.75) is 94.5 Å². The molecule has 0 rings (SSSR count). The van der Waals surface area contributed by atoms with Crippen molar-refractivity contribution in [2.75, 3.05) is 0 Å². The van der Waals surface area contributed by atoms with Gasteiger partial charge in [-0.15, -0.1) is 0 Å². The molecule has 0 saturated heterocycles. The summed E-state index contributed by atoms with van der Waals surface area (Å²) in [6.07, 6.45) is 0. The Morgan fingerprint density at radius 3 is 0.375 bits per heavy atom. The third kappa shape index (κ3) is 63.4. The molecule has 0 bridgehead atoms. The summed E-state index contributed by atoms with van der Waals surface area (Å²) in [7, 11) is -2.44. The van der Waals surface area contributed by atoms with E-state index in [0.717, 1.165) is 0 Å². The van der Waals surface area contributed by atoms with E-state index in [1.165, 1.54) is 16.0 Å². The van der Waals surface area contributed by atoms with E-state index in [1.54, 1.807) is 0 Å². The molecule has 0 atom stereocenters. The van der Waals surface area contributed by atoms with Crippen LogP contribution < -0.4 is 0 Å². The van der Waals surface area contributed by atoms with Crippen LogP contribution in [-0.2, 0) is 0 Å². The van der Waals surface area contributed by atoms with Gasteiger partial charge in [-0.05, 0) is 0 Å². The second-order valence-corrected chi connectivity index (χ2v) is 43.5. The van der Waals surface area contributed by atoms with Crippen LogP contribution in [-0.4, -0.2) is 124 Å². The molecule has 8 radical (unpaired) electrons. The Morgan fingerprint density at radius 1 is 0.333 bits per heavy atom. The van der Waals surface area contributed by atoms with Gasteiger partial charge in [0.05, 0.1) is 0 Å². The zero-order valence-corrected chi connectivity index (χ0v) is 32.8. The first kappa shape index (κ1) is 35.6. The molecule has 0 aromatic carbocycles. The average Bonchev–Trinajstić information content (AvgIpc) is 2.37. The van der Waals surface area contributed by atoms with Crippen LogP contribution >= 0.6 is 0 Å². The normalized spacial score (nSPS) is 12.0. The topological polar surface area (TPSA) is 0 Å². The molecule has 0 N–H and O–H groups in total. The van der Waals surface area contributed by atoms with Gasteiger partial charge in [0, 0.05) is 0 Å². The average molecular weight is 836 g/mol. The van der Waals surface area contributed by atoms with E-state index in [0.29, 0.717) is 0 Å². The molecule has 0 fully saturated rings. The molecule has 0 saturated carbocycles. The van der Waals surface area contributed by atoms with Gasteiger partial charge in [0.25, 0.3) is 0 Å².